The molecule has 0 amide bonds. The van der Waals surface area contributed by atoms with E-state index in [-0.39, 0.29) is 6.04 Å². The lowest BCUT2D eigenvalue weighted by atomic mass is 9.99. The van der Waals surface area contributed by atoms with Gasteiger partial charge in [-0.05, 0) is 55.3 Å². The molecule has 0 aliphatic heterocycles. The molecule has 2 aromatic carbocycles. The van der Waals surface area contributed by atoms with Gasteiger partial charge in [0.1, 0.15) is 0 Å². The molecule has 0 radical (unpaired) electrons. The third-order valence-electron chi connectivity index (χ3n) is 5.80. The molecule has 6 heteroatoms. The number of pyridine rings is 1. The van der Waals surface area contributed by atoms with Crippen LogP contribution in [0.4, 0.5) is 5.69 Å². The van der Waals surface area contributed by atoms with Gasteiger partial charge in [0.15, 0.2) is 11.3 Å². The van der Waals surface area contributed by atoms with Gasteiger partial charge in [-0.25, -0.2) is 15.0 Å². The average molecular weight is 409 g/mol. The highest BCUT2D eigenvalue weighted by Crippen LogP contribution is 2.29. The lowest BCUT2D eigenvalue weighted by molar-refractivity contribution is 0.649. The van der Waals surface area contributed by atoms with Crippen LogP contribution in [0.5, 0.6) is 0 Å². The molecule has 154 valence electrons. The van der Waals surface area contributed by atoms with Gasteiger partial charge in [0.05, 0.1) is 29.8 Å². The van der Waals surface area contributed by atoms with Gasteiger partial charge in [0.25, 0.3) is 0 Å². The van der Waals surface area contributed by atoms with Crippen molar-refractivity contribution in [1.29, 1.82) is 0 Å². The Balaban J connectivity index is 1.60. The Hall–Kier alpha value is -3.80. The highest BCUT2D eigenvalue weighted by atomic mass is 15.1. The first kappa shape index (κ1) is 19.2. The van der Waals surface area contributed by atoms with Crippen molar-refractivity contribution >= 4 is 27.9 Å². The summed E-state index contributed by atoms with van der Waals surface area (Å²) in [6.07, 6.45) is 5.46. The first-order chi connectivity index (χ1) is 15.0. The van der Waals surface area contributed by atoms with E-state index < -0.39 is 0 Å². The molecule has 6 nitrogen and oxygen atoms in total. The summed E-state index contributed by atoms with van der Waals surface area (Å²) in [5.74, 6) is 0. The maximum absolute atomic E-state index is 4.95. The van der Waals surface area contributed by atoms with Gasteiger partial charge in [-0.1, -0.05) is 18.2 Å². The highest BCUT2D eigenvalue weighted by Gasteiger charge is 2.17. The van der Waals surface area contributed by atoms with Gasteiger partial charge < -0.3 is 9.47 Å². The van der Waals surface area contributed by atoms with Crippen LogP contribution < -0.4 is 4.90 Å². The fourth-order valence-corrected chi connectivity index (χ4v) is 4.02. The molecule has 5 aromatic rings. The number of nitrogens with zero attached hydrogens (tertiary/aromatic N) is 6. The lowest BCUT2D eigenvalue weighted by Gasteiger charge is -2.18. The molecule has 0 spiro atoms. The first-order valence-electron chi connectivity index (χ1n) is 10.3. The van der Waals surface area contributed by atoms with Gasteiger partial charge >= 0.3 is 0 Å². The third-order valence-corrected chi connectivity index (χ3v) is 5.80. The van der Waals surface area contributed by atoms with Crippen LogP contribution in [0.25, 0.3) is 33.5 Å². The Morgan fingerprint density at radius 2 is 1.84 bits per heavy atom. The zero-order valence-electron chi connectivity index (χ0n) is 18.1. The Morgan fingerprint density at radius 3 is 2.68 bits per heavy atom. The number of benzene rings is 2. The van der Waals surface area contributed by atoms with Crippen molar-refractivity contribution in [2.75, 3.05) is 19.0 Å². The number of rotatable bonds is 4. The molecule has 3 heterocycles. The monoisotopic (exact) mass is 408 g/mol. The second-order valence-electron chi connectivity index (χ2n) is 8.08. The smallest absolute Gasteiger partial charge is 0.197 e. The van der Waals surface area contributed by atoms with Gasteiger partial charge in [-0.3, -0.25) is 4.98 Å². The third kappa shape index (κ3) is 3.40. The quantitative estimate of drug-likeness (QED) is 0.418. The van der Waals surface area contributed by atoms with Crippen molar-refractivity contribution in [3.8, 4) is 11.3 Å². The number of fused-ring (bicyclic) bond motifs is 2. The van der Waals surface area contributed by atoms with Crippen LogP contribution in [0.3, 0.4) is 0 Å². The van der Waals surface area contributed by atoms with Crippen LogP contribution in [-0.2, 0) is 0 Å². The standard InChI is InChI=1S/C25H24N6/c1-16-11-22-19(8-6-10-26-22)13-21(16)17(2)31-15-28-24-25(31)29-23(14-27-24)18-7-5-9-20(12-18)30(3)4/h5-15,17H,1-4H3. The van der Waals surface area contributed by atoms with Gasteiger partial charge in [-0.15, -0.1) is 0 Å². The summed E-state index contributed by atoms with van der Waals surface area (Å²) in [6, 6.07) is 16.8. The maximum atomic E-state index is 4.95. The summed E-state index contributed by atoms with van der Waals surface area (Å²) in [7, 11) is 4.07. The Bertz CT molecular complexity index is 1400. The van der Waals surface area contributed by atoms with Gasteiger partial charge in [0, 0.05) is 36.9 Å². The topological polar surface area (TPSA) is 59.7 Å². The van der Waals surface area contributed by atoms with E-state index in [1.165, 1.54) is 11.1 Å². The van der Waals surface area contributed by atoms with Crippen LogP contribution in [0.1, 0.15) is 24.1 Å². The molecule has 0 N–H and O–H groups in total. The van der Waals surface area contributed by atoms with Crippen LogP contribution in [-0.4, -0.2) is 38.6 Å². The predicted octanol–water partition coefficient (Wildman–Crippen LogP) is 5.03. The molecular weight excluding hydrogens is 384 g/mol. The fourth-order valence-electron chi connectivity index (χ4n) is 4.02. The van der Waals surface area contributed by atoms with E-state index in [4.69, 9.17) is 4.98 Å². The summed E-state index contributed by atoms with van der Waals surface area (Å²) in [5, 5.41) is 1.13. The van der Waals surface area contributed by atoms with E-state index in [0.717, 1.165) is 33.5 Å². The largest absolute Gasteiger partial charge is 0.378 e. The minimum Gasteiger partial charge on any atom is -0.378 e. The van der Waals surface area contributed by atoms with E-state index in [2.05, 4.69) is 74.7 Å². The molecule has 0 bridgehead atoms. The van der Waals surface area contributed by atoms with Crippen molar-refractivity contribution < 1.29 is 0 Å². The van der Waals surface area contributed by atoms with Crippen molar-refractivity contribution in [2.45, 2.75) is 19.9 Å². The molecule has 0 fully saturated rings. The Kier molecular flexibility index (Phi) is 4.62. The van der Waals surface area contributed by atoms with E-state index in [1.807, 2.05) is 38.8 Å². The summed E-state index contributed by atoms with van der Waals surface area (Å²) in [4.78, 5) is 20.6. The second kappa shape index (κ2) is 7.47. The maximum Gasteiger partial charge on any atom is 0.197 e. The van der Waals surface area contributed by atoms with E-state index >= 15 is 0 Å². The van der Waals surface area contributed by atoms with Gasteiger partial charge in [0.2, 0.25) is 0 Å². The number of aryl methyl sites for hydroxylation is 1. The molecule has 1 unspecified atom stereocenters. The van der Waals surface area contributed by atoms with E-state index in [0.29, 0.717) is 5.65 Å². The molecule has 0 saturated heterocycles. The predicted molar refractivity (Wildman–Crippen MR) is 125 cm³/mol. The van der Waals surface area contributed by atoms with E-state index in [9.17, 15) is 0 Å². The Labute approximate surface area is 181 Å². The molecular formula is C25H24N6. The average Bonchev–Trinajstić information content (AvgIpc) is 3.21. The van der Waals surface area contributed by atoms with Crippen LogP contribution in [0.2, 0.25) is 0 Å². The molecule has 1 atom stereocenters. The molecule has 3 aromatic heterocycles. The van der Waals surface area contributed by atoms with E-state index in [1.54, 1.807) is 6.20 Å². The molecule has 0 saturated carbocycles. The fraction of sp³-hybridized carbons (Fsp3) is 0.200. The number of hydrogen-bond acceptors (Lipinski definition) is 5. The van der Waals surface area contributed by atoms with Crippen molar-refractivity contribution in [3.05, 3.63) is 78.4 Å². The lowest BCUT2D eigenvalue weighted by Crippen LogP contribution is -2.09. The van der Waals surface area contributed by atoms with Crippen molar-refractivity contribution in [1.82, 2.24) is 24.5 Å². The normalized spacial score (nSPS) is 12.4. The summed E-state index contributed by atoms with van der Waals surface area (Å²) >= 11 is 0. The molecule has 5 rings (SSSR count). The summed E-state index contributed by atoms with van der Waals surface area (Å²) < 4.78 is 2.10. The second-order valence-corrected chi connectivity index (χ2v) is 8.08. The number of hydrogen-bond donors (Lipinski definition) is 0. The minimum atomic E-state index is 0.0623. The van der Waals surface area contributed by atoms with Crippen molar-refractivity contribution in [2.24, 2.45) is 0 Å². The van der Waals surface area contributed by atoms with Crippen molar-refractivity contribution in [3.63, 3.8) is 0 Å². The zero-order chi connectivity index (χ0) is 21.5. The van der Waals surface area contributed by atoms with Crippen LogP contribution >= 0.6 is 0 Å². The number of aromatic nitrogens is 5. The van der Waals surface area contributed by atoms with Crippen LogP contribution in [0, 0.1) is 6.92 Å². The molecule has 0 aliphatic carbocycles. The molecule has 0 aliphatic rings. The summed E-state index contributed by atoms with van der Waals surface area (Å²) in [5.41, 5.74) is 7.87. The molecule has 31 heavy (non-hydrogen) atoms. The van der Waals surface area contributed by atoms with Crippen LogP contribution in [0.15, 0.2) is 67.3 Å². The van der Waals surface area contributed by atoms with Gasteiger partial charge in [-0.2, -0.15) is 0 Å². The number of anilines is 1. The first-order valence-corrected chi connectivity index (χ1v) is 10.3. The number of imidazole rings is 1. The minimum absolute atomic E-state index is 0.0623. The SMILES string of the molecule is Cc1cc2ncccc2cc1C(C)n1cnc2ncc(-c3cccc(N(C)C)c3)nc21. The Morgan fingerprint density at radius 1 is 0.968 bits per heavy atom. The summed E-state index contributed by atoms with van der Waals surface area (Å²) in [6.45, 7) is 4.30. The highest BCUT2D eigenvalue weighted by molar-refractivity contribution is 5.80. The zero-order valence-corrected chi connectivity index (χ0v) is 18.1.